The molecule has 1 saturated heterocycles. The van der Waals surface area contributed by atoms with Crippen LogP contribution in [0.25, 0.3) is 0 Å². The highest BCUT2D eigenvalue weighted by Crippen LogP contribution is 2.37. The summed E-state index contributed by atoms with van der Waals surface area (Å²) in [6.45, 7) is -0.744. The van der Waals surface area contributed by atoms with Crippen molar-refractivity contribution in [2.75, 3.05) is 6.61 Å². The predicted octanol–water partition coefficient (Wildman–Crippen LogP) is 0.339. The van der Waals surface area contributed by atoms with E-state index in [1.807, 2.05) is 4.98 Å². The molecule has 25 heavy (non-hydrogen) atoms. The molecule has 9 heteroatoms. The standard InChI is InChI=1S/C16H15FN2O6/c17-16(9-24-14(22)10-4-2-1-3-5-10)8-11(20)13(25-16)19-7-6-12(21)18-15(19)23/h1-7,11,13,20H,8-9H2,(H,18,21,23). The minimum atomic E-state index is -2.45. The summed E-state index contributed by atoms with van der Waals surface area (Å²) in [6, 6.07) is 9.06. The van der Waals surface area contributed by atoms with E-state index in [2.05, 4.69) is 0 Å². The third-order valence-electron chi connectivity index (χ3n) is 3.73. The quantitative estimate of drug-likeness (QED) is 0.770. The van der Waals surface area contributed by atoms with Crippen LogP contribution in [0.1, 0.15) is 23.0 Å². The van der Waals surface area contributed by atoms with Crippen LogP contribution in [0.4, 0.5) is 4.39 Å². The first-order chi connectivity index (χ1) is 11.9. The van der Waals surface area contributed by atoms with E-state index in [1.54, 1.807) is 18.2 Å². The number of nitrogens with zero attached hydrogens (tertiary/aromatic N) is 1. The Morgan fingerprint density at radius 3 is 2.76 bits per heavy atom. The predicted molar refractivity (Wildman–Crippen MR) is 82.6 cm³/mol. The number of ether oxygens (including phenoxy) is 2. The van der Waals surface area contributed by atoms with Crippen molar-refractivity contribution < 1.29 is 23.8 Å². The van der Waals surface area contributed by atoms with Gasteiger partial charge in [0.25, 0.3) is 5.56 Å². The molecule has 1 aromatic carbocycles. The van der Waals surface area contributed by atoms with E-state index in [0.717, 1.165) is 16.8 Å². The van der Waals surface area contributed by atoms with Crippen LogP contribution in [-0.4, -0.2) is 39.2 Å². The Balaban J connectivity index is 1.70. The van der Waals surface area contributed by atoms with Crippen molar-refractivity contribution in [3.63, 3.8) is 0 Å². The number of halogens is 1. The molecule has 2 heterocycles. The van der Waals surface area contributed by atoms with Crippen LogP contribution in [0, 0.1) is 0 Å². The molecule has 8 nitrogen and oxygen atoms in total. The molecular formula is C16H15FN2O6. The molecule has 0 aliphatic carbocycles. The number of esters is 1. The Labute approximate surface area is 140 Å². The average molecular weight is 350 g/mol. The minimum Gasteiger partial charge on any atom is -0.456 e. The van der Waals surface area contributed by atoms with E-state index in [9.17, 15) is 23.9 Å². The van der Waals surface area contributed by atoms with Gasteiger partial charge >= 0.3 is 11.7 Å². The fraction of sp³-hybridized carbons (Fsp3) is 0.312. The Hall–Kier alpha value is -2.78. The molecule has 1 fully saturated rings. The molecule has 3 atom stereocenters. The van der Waals surface area contributed by atoms with Crippen LogP contribution in [-0.2, 0) is 9.47 Å². The summed E-state index contributed by atoms with van der Waals surface area (Å²) in [5, 5.41) is 10.00. The molecule has 2 N–H and O–H groups in total. The number of carbonyl (C=O) groups is 1. The van der Waals surface area contributed by atoms with Gasteiger partial charge < -0.3 is 14.6 Å². The summed E-state index contributed by atoms with van der Waals surface area (Å²) in [5.74, 6) is -3.19. The van der Waals surface area contributed by atoms with Crippen molar-refractivity contribution in [2.24, 2.45) is 0 Å². The Morgan fingerprint density at radius 1 is 1.36 bits per heavy atom. The summed E-state index contributed by atoms with van der Waals surface area (Å²) in [6.07, 6.45) is -2.10. The first-order valence-corrected chi connectivity index (χ1v) is 7.46. The van der Waals surface area contributed by atoms with Crippen molar-refractivity contribution in [3.8, 4) is 0 Å². The van der Waals surface area contributed by atoms with Gasteiger partial charge in [-0.3, -0.25) is 14.3 Å². The van der Waals surface area contributed by atoms with E-state index >= 15 is 0 Å². The molecule has 0 bridgehead atoms. The number of rotatable bonds is 4. The van der Waals surface area contributed by atoms with Crippen LogP contribution in [0.5, 0.6) is 0 Å². The summed E-state index contributed by atoms with van der Waals surface area (Å²) in [5.41, 5.74) is -1.22. The van der Waals surface area contributed by atoms with Gasteiger partial charge in [-0.25, -0.2) is 14.0 Å². The molecular weight excluding hydrogens is 335 g/mol. The van der Waals surface area contributed by atoms with E-state index in [0.29, 0.717) is 0 Å². The molecule has 2 aromatic rings. The molecule has 1 aliphatic rings. The van der Waals surface area contributed by atoms with E-state index in [4.69, 9.17) is 9.47 Å². The highest BCUT2D eigenvalue weighted by atomic mass is 19.2. The van der Waals surface area contributed by atoms with E-state index in [1.165, 1.54) is 12.1 Å². The average Bonchev–Trinajstić information content (AvgIpc) is 2.88. The van der Waals surface area contributed by atoms with Crippen LogP contribution in [0.15, 0.2) is 52.2 Å². The van der Waals surface area contributed by atoms with Gasteiger partial charge in [0.05, 0.1) is 5.56 Å². The molecule has 0 radical (unpaired) electrons. The molecule has 0 amide bonds. The molecule has 1 aliphatic heterocycles. The third-order valence-corrected chi connectivity index (χ3v) is 3.73. The lowest BCUT2D eigenvalue weighted by Crippen LogP contribution is -2.35. The monoisotopic (exact) mass is 350 g/mol. The topological polar surface area (TPSA) is 111 Å². The van der Waals surface area contributed by atoms with Crippen molar-refractivity contribution >= 4 is 5.97 Å². The summed E-state index contributed by atoms with van der Waals surface area (Å²) in [7, 11) is 0. The summed E-state index contributed by atoms with van der Waals surface area (Å²) in [4.78, 5) is 36.7. The van der Waals surface area contributed by atoms with Crippen LogP contribution in [0.2, 0.25) is 0 Å². The Kier molecular flexibility index (Phi) is 4.51. The zero-order valence-corrected chi connectivity index (χ0v) is 12.9. The number of alkyl halides is 1. The van der Waals surface area contributed by atoms with E-state index < -0.39 is 48.4 Å². The van der Waals surface area contributed by atoms with E-state index in [-0.39, 0.29) is 5.56 Å². The van der Waals surface area contributed by atoms with Gasteiger partial charge in [0.1, 0.15) is 6.10 Å². The number of aliphatic hydroxyl groups excluding tert-OH is 1. The van der Waals surface area contributed by atoms with Gasteiger partial charge in [0.15, 0.2) is 12.8 Å². The largest absolute Gasteiger partial charge is 0.456 e. The van der Waals surface area contributed by atoms with Crippen LogP contribution in [0.3, 0.4) is 0 Å². The second-order valence-electron chi connectivity index (χ2n) is 5.62. The molecule has 0 spiro atoms. The number of hydrogen-bond acceptors (Lipinski definition) is 6. The molecule has 132 valence electrons. The molecule has 1 aromatic heterocycles. The van der Waals surface area contributed by atoms with Crippen LogP contribution < -0.4 is 11.2 Å². The second-order valence-corrected chi connectivity index (χ2v) is 5.62. The van der Waals surface area contributed by atoms with Gasteiger partial charge in [-0.05, 0) is 12.1 Å². The number of carbonyl (C=O) groups excluding carboxylic acids is 1. The van der Waals surface area contributed by atoms with Gasteiger partial charge in [0, 0.05) is 18.7 Å². The SMILES string of the molecule is O=C(OCC1(F)CC(O)C(n2ccc(=O)[nH]c2=O)O1)c1ccccc1. The maximum Gasteiger partial charge on any atom is 0.338 e. The summed E-state index contributed by atoms with van der Waals surface area (Å²) >= 11 is 0. The number of aliphatic hydroxyl groups is 1. The zero-order valence-electron chi connectivity index (χ0n) is 12.9. The van der Waals surface area contributed by atoms with Gasteiger partial charge in [-0.2, -0.15) is 0 Å². The maximum atomic E-state index is 14.7. The maximum absolute atomic E-state index is 14.7. The van der Waals surface area contributed by atoms with Crippen molar-refractivity contribution in [1.82, 2.24) is 9.55 Å². The lowest BCUT2D eigenvalue weighted by Gasteiger charge is -2.20. The van der Waals surface area contributed by atoms with Crippen LogP contribution >= 0.6 is 0 Å². The Morgan fingerprint density at radius 2 is 2.08 bits per heavy atom. The molecule has 3 rings (SSSR count). The van der Waals surface area contributed by atoms with Gasteiger partial charge in [0.2, 0.25) is 5.85 Å². The van der Waals surface area contributed by atoms with Crippen molar-refractivity contribution in [2.45, 2.75) is 24.6 Å². The highest BCUT2D eigenvalue weighted by Gasteiger charge is 2.48. The lowest BCUT2D eigenvalue weighted by atomic mass is 10.1. The third kappa shape index (κ3) is 3.67. The van der Waals surface area contributed by atoms with Gasteiger partial charge in [-0.15, -0.1) is 0 Å². The van der Waals surface area contributed by atoms with Crippen molar-refractivity contribution in [3.05, 3.63) is 69.0 Å². The Bertz CT molecular complexity index is 880. The number of nitrogens with one attached hydrogen (secondary N) is 1. The number of benzene rings is 1. The highest BCUT2D eigenvalue weighted by molar-refractivity contribution is 5.89. The fourth-order valence-electron chi connectivity index (χ4n) is 2.55. The number of H-pyrrole nitrogens is 1. The normalized spacial score (nSPS) is 25.7. The first kappa shape index (κ1) is 17.1. The number of aromatic amines is 1. The van der Waals surface area contributed by atoms with Gasteiger partial charge in [-0.1, -0.05) is 18.2 Å². The molecule has 3 unspecified atom stereocenters. The first-order valence-electron chi connectivity index (χ1n) is 7.46. The molecule has 0 saturated carbocycles. The number of hydrogen-bond donors (Lipinski definition) is 2. The smallest absolute Gasteiger partial charge is 0.338 e. The second kappa shape index (κ2) is 6.61. The summed E-state index contributed by atoms with van der Waals surface area (Å²) < 4.78 is 25.6. The number of aromatic nitrogens is 2. The fourth-order valence-corrected chi connectivity index (χ4v) is 2.55. The lowest BCUT2D eigenvalue weighted by molar-refractivity contribution is -0.181. The zero-order chi connectivity index (χ0) is 18.0. The van der Waals surface area contributed by atoms with Crippen molar-refractivity contribution in [1.29, 1.82) is 0 Å². The minimum absolute atomic E-state index is 0.248.